The molecule has 8 aromatic carbocycles. The minimum atomic E-state index is 0.306. The first-order valence-electron chi connectivity index (χ1n) is 16.6. The van der Waals surface area contributed by atoms with Gasteiger partial charge in [-0.15, -0.1) is 0 Å². The zero-order valence-corrected chi connectivity index (χ0v) is 28.5. The Bertz CT molecular complexity index is 2540. The van der Waals surface area contributed by atoms with E-state index in [2.05, 4.69) is 204 Å². The molecule has 0 saturated carbocycles. The van der Waals surface area contributed by atoms with E-state index < -0.39 is 0 Å². The van der Waals surface area contributed by atoms with Gasteiger partial charge in [-0.05, 0) is 11.1 Å². The predicted molar refractivity (Wildman–Crippen MR) is 211 cm³/mol. The number of nitrogens with zero attached hydrogens (tertiary/aromatic N) is 2. The van der Waals surface area contributed by atoms with Crippen molar-refractivity contribution in [2.24, 2.45) is 0 Å². The number of rotatable bonds is 7. The Balaban J connectivity index is 1.16. The molecular formula is C46H32N2Se. The molecule has 1 heterocycles. The molecule has 0 aliphatic heterocycles. The van der Waals surface area contributed by atoms with Gasteiger partial charge < -0.3 is 0 Å². The molecule has 0 aliphatic rings. The Hall–Kier alpha value is -5.86. The van der Waals surface area contributed by atoms with Crippen molar-refractivity contribution in [1.82, 2.24) is 0 Å². The van der Waals surface area contributed by atoms with Crippen molar-refractivity contribution in [3.63, 3.8) is 0 Å². The summed E-state index contributed by atoms with van der Waals surface area (Å²) in [5.41, 5.74) is 9.09. The fourth-order valence-electron chi connectivity index (χ4n) is 6.89. The van der Waals surface area contributed by atoms with E-state index in [1.54, 1.807) is 0 Å². The number of fused-ring (bicyclic) bond motifs is 5. The molecule has 0 atom stereocenters. The first-order chi connectivity index (χ1) is 24.3. The molecular weight excluding hydrogens is 659 g/mol. The standard InChI is InChI=1S/C46H32N2Se/c1-4-13-33(14-5-1)34-23-26-38(27-24-34)47(36-15-6-2-7-16-36)39-19-12-20-40(32-39)48(37-17-8-3-9-18-37)41-28-30-42-35(31-41)25-29-44-43-21-10-11-22-45(43)49-46(42)44/h1-32H. The summed E-state index contributed by atoms with van der Waals surface area (Å²) >= 11 is 0.306. The van der Waals surface area contributed by atoms with Gasteiger partial charge in [-0.3, -0.25) is 0 Å². The summed E-state index contributed by atoms with van der Waals surface area (Å²) < 4.78 is 2.96. The van der Waals surface area contributed by atoms with E-state index in [1.165, 1.54) is 41.2 Å². The maximum atomic E-state index is 2.37. The van der Waals surface area contributed by atoms with Crippen molar-refractivity contribution in [3.05, 3.63) is 194 Å². The second-order valence-electron chi connectivity index (χ2n) is 12.2. The van der Waals surface area contributed by atoms with E-state index in [1.807, 2.05) is 0 Å². The van der Waals surface area contributed by atoms with Crippen LogP contribution in [0.4, 0.5) is 34.1 Å². The van der Waals surface area contributed by atoms with Crippen LogP contribution in [0.5, 0.6) is 0 Å². The van der Waals surface area contributed by atoms with Crippen LogP contribution in [0.15, 0.2) is 194 Å². The third-order valence-corrected chi connectivity index (χ3v) is 11.8. The Labute approximate surface area is 292 Å². The molecule has 0 radical (unpaired) electrons. The molecule has 0 saturated heterocycles. The fraction of sp³-hybridized carbons (Fsp3) is 0. The van der Waals surface area contributed by atoms with Crippen molar-refractivity contribution >= 4 is 78.7 Å². The quantitative estimate of drug-likeness (QED) is 0.154. The minimum Gasteiger partial charge on any atom is -0.0617 e. The van der Waals surface area contributed by atoms with E-state index in [-0.39, 0.29) is 0 Å². The maximum absolute atomic E-state index is 2.37. The van der Waals surface area contributed by atoms with E-state index in [4.69, 9.17) is 0 Å². The van der Waals surface area contributed by atoms with Gasteiger partial charge in [-0.2, -0.15) is 0 Å². The molecule has 1 aromatic heterocycles. The van der Waals surface area contributed by atoms with Gasteiger partial charge >= 0.3 is 222 Å². The van der Waals surface area contributed by atoms with Crippen LogP contribution in [0.2, 0.25) is 0 Å². The Kier molecular flexibility index (Phi) is 7.55. The average molecular weight is 692 g/mol. The smallest absolute Gasteiger partial charge is 0.0617 e. The average Bonchev–Trinajstić information content (AvgIpc) is 3.56. The Morgan fingerprint density at radius 1 is 0.306 bits per heavy atom. The van der Waals surface area contributed by atoms with Crippen molar-refractivity contribution in [2.45, 2.75) is 0 Å². The van der Waals surface area contributed by atoms with Crippen LogP contribution < -0.4 is 9.80 Å². The number of benzene rings is 8. The van der Waals surface area contributed by atoms with Crippen LogP contribution >= 0.6 is 0 Å². The molecule has 232 valence electrons. The van der Waals surface area contributed by atoms with Gasteiger partial charge in [0.05, 0.1) is 0 Å². The Morgan fingerprint density at radius 3 is 1.49 bits per heavy atom. The minimum absolute atomic E-state index is 0.306. The zero-order chi connectivity index (χ0) is 32.6. The van der Waals surface area contributed by atoms with Crippen molar-refractivity contribution in [2.75, 3.05) is 9.80 Å². The van der Waals surface area contributed by atoms with Gasteiger partial charge in [0.1, 0.15) is 0 Å². The fourth-order valence-corrected chi connectivity index (χ4v) is 9.49. The summed E-state index contributed by atoms with van der Waals surface area (Å²) in [4.78, 5) is 4.71. The molecule has 9 aromatic rings. The molecule has 3 heteroatoms. The van der Waals surface area contributed by atoms with Crippen LogP contribution in [0, 0.1) is 0 Å². The van der Waals surface area contributed by atoms with Crippen molar-refractivity contribution < 1.29 is 0 Å². The molecule has 49 heavy (non-hydrogen) atoms. The first kappa shape index (κ1) is 29.3. The summed E-state index contributed by atoms with van der Waals surface area (Å²) in [6, 6.07) is 70.1. The summed E-state index contributed by atoms with van der Waals surface area (Å²) in [6.45, 7) is 0. The van der Waals surface area contributed by atoms with Crippen molar-refractivity contribution in [3.8, 4) is 11.1 Å². The predicted octanol–water partition coefficient (Wildman–Crippen LogP) is 12.8. The van der Waals surface area contributed by atoms with Crippen LogP contribution in [-0.2, 0) is 0 Å². The second kappa shape index (κ2) is 12.6. The first-order valence-corrected chi connectivity index (χ1v) is 18.3. The summed E-state index contributed by atoms with van der Waals surface area (Å²) in [6.07, 6.45) is 0. The van der Waals surface area contributed by atoms with Gasteiger partial charge in [-0.1, -0.05) is 60.7 Å². The molecule has 0 amide bonds. The van der Waals surface area contributed by atoms with Gasteiger partial charge in [-0.25, -0.2) is 0 Å². The molecule has 0 aliphatic carbocycles. The third kappa shape index (κ3) is 5.50. The van der Waals surface area contributed by atoms with Crippen molar-refractivity contribution in [1.29, 1.82) is 0 Å². The van der Waals surface area contributed by atoms with Crippen LogP contribution in [0.25, 0.3) is 41.2 Å². The van der Waals surface area contributed by atoms with E-state index in [0.717, 1.165) is 34.1 Å². The molecule has 2 nitrogen and oxygen atoms in total. The zero-order valence-electron chi connectivity index (χ0n) is 26.8. The molecule has 0 fully saturated rings. The Morgan fingerprint density at radius 2 is 0.796 bits per heavy atom. The summed E-state index contributed by atoms with van der Waals surface area (Å²) in [7, 11) is 0. The topological polar surface area (TPSA) is 6.48 Å². The van der Waals surface area contributed by atoms with E-state index in [9.17, 15) is 0 Å². The number of anilines is 6. The van der Waals surface area contributed by atoms with Crippen LogP contribution in [0.3, 0.4) is 0 Å². The van der Waals surface area contributed by atoms with Gasteiger partial charge in [0.15, 0.2) is 0 Å². The SMILES string of the molecule is c1ccc(-c2ccc(N(c3ccccc3)c3cccc(N(c4ccccc4)c4ccc5c(ccc6c7ccccc7[se]c56)c4)c3)cc2)cc1. The van der Waals surface area contributed by atoms with Crippen LogP contribution in [0.1, 0.15) is 0 Å². The number of para-hydroxylation sites is 2. The molecule has 0 bridgehead atoms. The monoisotopic (exact) mass is 692 g/mol. The summed E-state index contributed by atoms with van der Waals surface area (Å²) in [5.74, 6) is 0. The normalized spacial score (nSPS) is 11.3. The number of hydrogen-bond acceptors (Lipinski definition) is 2. The van der Waals surface area contributed by atoms with Gasteiger partial charge in [0, 0.05) is 0 Å². The van der Waals surface area contributed by atoms with E-state index in [0.29, 0.717) is 14.5 Å². The van der Waals surface area contributed by atoms with E-state index >= 15 is 0 Å². The molecule has 9 rings (SSSR count). The van der Waals surface area contributed by atoms with Gasteiger partial charge in [0.25, 0.3) is 0 Å². The molecule has 0 N–H and O–H groups in total. The van der Waals surface area contributed by atoms with Crippen LogP contribution in [-0.4, -0.2) is 14.5 Å². The molecule has 0 unspecified atom stereocenters. The third-order valence-electron chi connectivity index (χ3n) is 9.21. The second-order valence-corrected chi connectivity index (χ2v) is 14.4. The van der Waals surface area contributed by atoms with Gasteiger partial charge in [0.2, 0.25) is 0 Å². The summed E-state index contributed by atoms with van der Waals surface area (Å²) in [5, 5.41) is 5.41. The molecule has 0 spiro atoms. The number of hydrogen-bond donors (Lipinski definition) is 0.